The van der Waals surface area contributed by atoms with Crippen LogP contribution >= 0.6 is 11.6 Å². The highest BCUT2D eigenvalue weighted by atomic mass is 35.5. The summed E-state index contributed by atoms with van der Waals surface area (Å²) >= 11 is 6.05. The van der Waals surface area contributed by atoms with Gasteiger partial charge in [-0.2, -0.15) is 0 Å². The third kappa shape index (κ3) is 2.99. The summed E-state index contributed by atoms with van der Waals surface area (Å²) in [5.41, 5.74) is 2.81. The zero-order valence-corrected chi connectivity index (χ0v) is 12.6. The molecule has 2 aliphatic rings. The van der Waals surface area contributed by atoms with E-state index in [2.05, 4.69) is 17.4 Å². The summed E-state index contributed by atoms with van der Waals surface area (Å²) in [4.78, 5) is 13.3. The third-order valence-corrected chi connectivity index (χ3v) is 4.75. The van der Waals surface area contributed by atoms with E-state index in [0.29, 0.717) is 12.1 Å². The van der Waals surface area contributed by atoms with Gasteiger partial charge in [0.05, 0.1) is 0 Å². The lowest BCUT2D eigenvalue weighted by atomic mass is 10.0. The molecule has 1 aromatic rings. The van der Waals surface area contributed by atoms with E-state index in [1.54, 1.807) is 6.92 Å². The number of fused-ring (bicyclic) bond motifs is 1. The third-order valence-electron chi connectivity index (χ3n) is 4.51. The summed E-state index contributed by atoms with van der Waals surface area (Å²) < 4.78 is 0. The van der Waals surface area contributed by atoms with Crippen LogP contribution in [0.15, 0.2) is 18.2 Å². The van der Waals surface area contributed by atoms with Gasteiger partial charge in [-0.05, 0) is 48.9 Å². The molecule has 1 fully saturated rings. The monoisotopic (exact) mass is 292 g/mol. The first kappa shape index (κ1) is 13.9. The van der Waals surface area contributed by atoms with Gasteiger partial charge in [-0.1, -0.05) is 17.7 Å². The average molecular weight is 293 g/mol. The van der Waals surface area contributed by atoms with Crippen LogP contribution in [0.1, 0.15) is 30.9 Å². The minimum Gasteiger partial charge on any atom is -0.343 e. The van der Waals surface area contributed by atoms with Crippen LogP contribution in [0.4, 0.5) is 0 Å². The Labute approximate surface area is 125 Å². The second-order valence-corrected chi connectivity index (χ2v) is 6.40. The van der Waals surface area contributed by atoms with Gasteiger partial charge in [0.1, 0.15) is 0 Å². The second kappa shape index (κ2) is 5.74. The molecule has 1 atom stereocenters. The number of hydrogen-bond acceptors (Lipinski definition) is 2. The Bertz CT molecular complexity index is 509. The Hall–Kier alpha value is -1.06. The normalized spacial score (nSPS) is 22.9. The number of likely N-dealkylation sites (tertiary alicyclic amines) is 1. The molecule has 1 saturated heterocycles. The largest absolute Gasteiger partial charge is 0.343 e. The van der Waals surface area contributed by atoms with Gasteiger partial charge in [0.25, 0.3) is 0 Å². The van der Waals surface area contributed by atoms with Crippen molar-refractivity contribution in [2.75, 3.05) is 13.1 Å². The molecule has 0 aromatic heterocycles. The highest BCUT2D eigenvalue weighted by molar-refractivity contribution is 6.30. The van der Waals surface area contributed by atoms with E-state index in [1.807, 2.05) is 11.0 Å². The Morgan fingerprint density at radius 3 is 2.60 bits per heavy atom. The molecule has 1 amide bonds. The van der Waals surface area contributed by atoms with Crippen LogP contribution in [-0.2, 0) is 17.6 Å². The first-order valence-corrected chi connectivity index (χ1v) is 7.78. The van der Waals surface area contributed by atoms with E-state index in [4.69, 9.17) is 11.6 Å². The van der Waals surface area contributed by atoms with Gasteiger partial charge in [0.2, 0.25) is 5.91 Å². The van der Waals surface area contributed by atoms with E-state index in [1.165, 1.54) is 11.1 Å². The standard InChI is InChI=1S/C16H21ClN2O/c1-11(20)19-6-4-15(5-7-19)18-16-9-12-2-3-14(17)8-13(12)10-16/h2-3,8,15-16,18H,4-7,9-10H2,1H3. The number of nitrogens with zero attached hydrogens (tertiary/aromatic N) is 1. The molecule has 1 unspecified atom stereocenters. The van der Waals surface area contributed by atoms with Crippen LogP contribution in [0.3, 0.4) is 0 Å². The van der Waals surface area contributed by atoms with Gasteiger partial charge in [0, 0.05) is 37.1 Å². The van der Waals surface area contributed by atoms with Crippen LogP contribution in [0.25, 0.3) is 0 Å². The number of rotatable bonds is 2. The molecule has 1 N–H and O–H groups in total. The van der Waals surface area contributed by atoms with Gasteiger partial charge in [-0.25, -0.2) is 0 Å². The Balaban J connectivity index is 1.53. The van der Waals surface area contributed by atoms with Gasteiger partial charge >= 0.3 is 0 Å². The zero-order chi connectivity index (χ0) is 14.1. The number of piperidine rings is 1. The molecule has 1 aromatic carbocycles. The number of nitrogens with one attached hydrogen (secondary N) is 1. The fraction of sp³-hybridized carbons (Fsp3) is 0.562. The summed E-state index contributed by atoms with van der Waals surface area (Å²) in [6.07, 6.45) is 4.29. The SMILES string of the molecule is CC(=O)N1CCC(NC2Cc3ccc(Cl)cc3C2)CC1. The van der Waals surface area contributed by atoms with Crippen LogP contribution in [-0.4, -0.2) is 36.0 Å². The molecule has 108 valence electrons. The molecule has 0 spiro atoms. The van der Waals surface area contributed by atoms with Gasteiger partial charge in [0.15, 0.2) is 0 Å². The maximum absolute atomic E-state index is 11.3. The summed E-state index contributed by atoms with van der Waals surface area (Å²) in [6, 6.07) is 7.29. The molecule has 1 heterocycles. The lowest BCUT2D eigenvalue weighted by Crippen LogP contribution is -2.47. The summed E-state index contributed by atoms with van der Waals surface area (Å²) in [5.74, 6) is 0.200. The fourth-order valence-electron chi connectivity index (χ4n) is 3.40. The second-order valence-electron chi connectivity index (χ2n) is 5.97. The number of carbonyl (C=O) groups excluding carboxylic acids is 1. The van der Waals surface area contributed by atoms with Crippen molar-refractivity contribution in [1.82, 2.24) is 10.2 Å². The Morgan fingerprint density at radius 2 is 1.90 bits per heavy atom. The summed E-state index contributed by atoms with van der Waals surface area (Å²) in [7, 11) is 0. The zero-order valence-electron chi connectivity index (χ0n) is 11.9. The van der Waals surface area contributed by atoms with E-state index in [-0.39, 0.29) is 5.91 Å². The smallest absolute Gasteiger partial charge is 0.219 e. The molecule has 1 aliphatic heterocycles. The number of benzene rings is 1. The molecular weight excluding hydrogens is 272 g/mol. The van der Waals surface area contributed by atoms with E-state index in [9.17, 15) is 4.79 Å². The topological polar surface area (TPSA) is 32.3 Å². The average Bonchev–Trinajstić information content (AvgIpc) is 2.80. The fourth-order valence-corrected chi connectivity index (χ4v) is 3.59. The highest BCUT2D eigenvalue weighted by Crippen LogP contribution is 2.26. The van der Waals surface area contributed by atoms with Gasteiger partial charge in [-0.3, -0.25) is 4.79 Å². The predicted octanol–water partition coefficient (Wildman–Crippen LogP) is 2.41. The van der Waals surface area contributed by atoms with Crippen molar-refractivity contribution in [3.8, 4) is 0 Å². The number of hydrogen-bond donors (Lipinski definition) is 1. The molecule has 3 rings (SSSR count). The van der Waals surface area contributed by atoms with Crippen LogP contribution in [0, 0.1) is 0 Å². The molecule has 3 nitrogen and oxygen atoms in total. The lowest BCUT2D eigenvalue weighted by Gasteiger charge is -2.33. The molecule has 0 radical (unpaired) electrons. The highest BCUT2D eigenvalue weighted by Gasteiger charge is 2.26. The number of halogens is 1. The minimum atomic E-state index is 0.200. The first-order valence-electron chi connectivity index (χ1n) is 7.40. The molecule has 1 aliphatic carbocycles. The van der Waals surface area contributed by atoms with Crippen molar-refractivity contribution < 1.29 is 4.79 Å². The van der Waals surface area contributed by atoms with Crippen molar-refractivity contribution in [3.05, 3.63) is 34.3 Å². The van der Waals surface area contributed by atoms with Crippen molar-refractivity contribution >= 4 is 17.5 Å². The van der Waals surface area contributed by atoms with E-state index in [0.717, 1.165) is 43.8 Å². The molecule has 0 bridgehead atoms. The van der Waals surface area contributed by atoms with Crippen molar-refractivity contribution in [2.45, 2.75) is 44.7 Å². The maximum Gasteiger partial charge on any atom is 0.219 e. The number of amides is 1. The van der Waals surface area contributed by atoms with Crippen LogP contribution in [0.5, 0.6) is 0 Å². The lowest BCUT2D eigenvalue weighted by molar-refractivity contribution is -0.129. The van der Waals surface area contributed by atoms with Gasteiger partial charge in [-0.15, -0.1) is 0 Å². The minimum absolute atomic E-state index is 0.200. The summed E-state index contributed by atoms with van der Waals surface area (Å²) in [5, 5.41) is 4.60. The van der Waals surface area contributed by atoms with Crippen LogP contribution < -0.4 is 5.32 Å². The van der Waals surface area contributed by atoms with E-state index >= 15 is 0 Å². The van der Waals surface area contributed by atoms with Crippen molar-refractivity contribution in [2.24, 2.45) is 0 Å². The molecular formula is C16H21ClN2O. The first-order chi connectivity index (χ1) is 9.61. The molecule has 4 heteroatoms. The van der Waals surface area contributed by atoms with Crippen molar-refractivity contribution in [3.63, 3.8) is 0 Å². The van der Waals surface area contributed by atoms with E-state index < -0.39 is 0 Å². The number of carbonyl (C=O) groups is 1. The van der Waals surface area contributed by atoms with Gasteiger partial charge < -0.3 is 10.2 Å². The summed E-state index contributed by atoms with van der Waals surface area (Å²) in [6.45, 7) is 3.43. The predicted molar refractivity (Wildman–Crippen MR) is 81.1 cm³/mol. The molecule has 0 saturated carbocycles. The Kier molecular flexibility index (Phi) is 3.99. The quantitative estimate of drug-likeness (QED) is 0.908. The maximum atomic E-state index is 11.3. The Morgan fingerprint density at radius 1 is 1.20 bits per heavy atom. The van der Waals surface area contributed by atoms with Crippen LogP contribution in [0.2, 0.25) is 5.02 Å². The van der Waals surface area contributed by atoms with Crippen molar-refractivity contribution in [1.29, 1.82) is 0 Å². The molecule has 20 heavy (non-hydrogen) atoms.